The molecule has 0 saturated heterocycles. The Kier molecular flexibility index (Phi) is 8.78. The van der Waals surface area contributed by atoms with Crippen LogP contribution in [-0.2, 0) is 16.1 Å². The summed E-state index contributed by atoms with van der Waals surface area (Å²) in [5, 5.41) is 2.11. The van der Waals surface area contributed by atoms with Gasteiger partial charge in [0.1, 0.15) is 12.6 Å². The van der Waals surface area contributed by atoms with Gasteiger partial charge in [-0.25, -0.2) is 0 Å². The van der Waals surface area contributed by atoms with E-state index in [0.717, 1.165) is 49.9 Å². The number of aromatic nitrogens is 2. The number of amides is 3. The van der Waals surface area contributed by atoms with Crippen LogP contribution in [-0.4, -0.2) is 38.2 Å². The van der Waals surface area contributed by atoms with Crippen LogP contribution < -0.4 is 10.9 Å². The van der Waals surface area contributed by atoms with Crippen molar-refractivity contribution in [2.24, 2.45) is 5.92 Å². The maximum absolute atomic E-state index is 14.5. The van der Waals surface area contributed by atoms with Gasteiger partial charge in [0, 0.05) is 38.6 Å². The minimum Gasteiger partial charge on any atom is -0.354 e. The molecule has 0 bridgehead atoms. The number of carbonyl (C=O) groups is 3. The highest BCUT2D eigenvalue weighted by molar-refractivity contribution is 6.04. The van der Waals surface area contributed by atoms with E-state index in [2.05, 4.69) is 53.9 Å². The molecule has 0 radical (unpaired) electrons. The first-order valence-corrected chi connectivity index (χ1v) is 17.4. The van der Waals surface area contributed by atoms with E-state index in [4.69, 9.17) is 0 Å². The third-order valence-corrected chi connectivity index (χ3v) is 10.3. The number of benzene rings is 4. The fraction of sp³-hybridized carbons (Fsp3) is 0.262. The van der Waals surface area contributed by atoms with Crippen LogP contribution in [0.5, 0.6) is 0 Å². The van der Waals surface area contributed by atoms with Gasteiger partial charge in [0.2, 0.25) is 0 Å². The smallest absolute Gasteiger partial charge is 0.261 e. The number of rotatable bonds is 9. The highest BCUT2D eigenvalue weighted by atomic mass is 16.2. The summed E-state index contributed by atoms with van der Waals surface area (Å²) in [6, 6.07) is 32.4. The largest absolute Gasteiger partial charge is 0.354 e. The van der Waals surface area contributed by atoms with Gasteiger partial charge in [-0.1, -0.05) is 119 Å². The Hall–Kier alpha value is -5.63. The Bertz CT molecular complexity index is 2230. The highest BCUT2D eigenvalue weighted by Crippen LogP contribution is 2.47. The molecule has 1 aliphatic heterocycles. The molecular formula is C42H43N5O3. The van der Waals surface area contributed by atoms with Crippen LogP contribution in [0, 0.1) is 12.8 Å². The van der Waals surface area contributed by atoms with Gasteiger partial charge in [-0.2, -0.15) is 0 Å². The predicted octanol–water partition coefficient (Wildman–Crippen LogP) is 8.03. The zero-order valence-electron chi connectivity index (χ0n) is 29.2. The molecule has 3 atom stereocenters. The van der Waals surface area contributed by atoms with Crippen molar-refractivity contribution in [1.29, 1.82) is 0 Å². The molecule has 0 aliphatic carbocycles. The Labute approximate surface area is 292 Å². The fourth-order valence-electron chi connectivity index (χ4n) is 7.86. The first-order chi connectivity index (χ1) is 24.2. The average Bonchev–Trinajstić information content (AvgIpc) is 3.74. The van der Waals surface area contributed by atoms with Gasteiger partial charge in [0.05, 0.1) is 11.7 Å². The van der Waals surface area contributed by atoms with Gasteiger partial charge in [-0.3, -0.25) is 25.2 Å². The van der Waals surface area contributed by atoms with Crippen molar-refractivity contribution in [3.05, 3.63) is 131 Å². The summed E-state index contributed by atoms with van der Waals surface area (Å²) in [5.41, 5.74) is 13.8. The van der Waals surface area contributed by atoms with Crippen molar-refractivity contribution in [3.8, 4) is 11.3 Å². The van der Waals surface area contributed by atoms with Crippen LogP contribution in [0.25, 0.3) is 33.1 Å². The molecule has 8 heteroatoms. The molecule has 3 N–H and O–H groups in total. The van der Waals surface area contributed by atoms with Crippen molar-refractivity contribution < 1.29 is 14.4 Å². The van der Waals surface area contributed by atoms with E-state index in [0.29, 0.717) is 12.0 Å². The molecule has 0 saturated carbocycles. The lowest BCUT2D eigenvalue weighted by atomic mass is 9.90. The number of carbonyl (C=O) groups excluding carboxylic acids is 3. The van der Waals surface area contributed by atoms with Crippen LogP contribution in [0.1, 0.15) is 78.8 Å². The molecule has 254 valence electrons. The monoisotopic (exact) mass is 665 g/mol. The van der Waals surface area contributed by atoms with Crippen molar-refractivity contribution >= 4 is 39.5 Å². The van der Waals surface area contributed by atoms with E-state index in [1.165, 1.54) is 5.56 Å². The van der Waals surface area contributed by atoms with Crippen LogP contribution in [0.3, 0.4) is 0 Å². The van der Waals surface area contributed by atoms with E-state index >= 15 is 0 Å². The normalized spacial score (nSPS) is 15.4. The summed E-state index contributed by atoms with van der Waals surface area (Å²) in [5.74, 6) is -0.928. The number of hydrazine groups is 1. The lowest BCUT2D eigenvalue weighted by molar-refractivity contribution is -0.133. The number of hydrogen-bond donors (Lipinski definition) is 3. The quantitative estimate of drug-likeness (QED) is 0.136. The number of aromatic amines is 1. The molecular weight excluding hydrogens is 622 g/mol. The molecule has 8 nitrogen and oxygen atoms in total. The van der Waals surface area contributed by atoms with E-state index in [-0.39, 0.29) is 30.2 Å². The molecule has 50 heavy (non-hydrogen) atoms. The van der Waals surface area contributed by atoms with Gasteiger partial charge in [0.25, 0.3) is 17.7 Å². The summed E-state index contributed by atoms with van der Waals surface area (Å²) in [7, 11) is 0. The summed E-state index contributed by atoms with van der Waals surface area (Å²) >= 11 is 0. The van der Waals surface area contributed by atoms with Crippen LogP contribution in [0.2, 0.25) is 0 Å². The lowest BCUT2D eigenvalue weighted by Gasteiger charge is -2.36. The second-order valence-electron chi connectivity index (χ2n) is 13.7. The van der Waals surface area contributed by atoms with Gasteiger partial charge in [0.15, 0.2) is 0 Å². The van der Waals surface area contributed by atoms with Crippen molar-refractivity contribution in [2.75, 3.05) is 0 Å². The summed E-state index contributed by atoms with van der Waals surface area (Å²) < 4.78 is 2.00. The highest BCUT2D eigenvalue weighted by Gasteiger charge is 2.47. The first-order valence-electron chi connectivity index (χ1n) is 17.4. The molecule has 0 spiro atoms. The average molecular weight is 666 g/mol. The first kappa shape index (κ1) is 32.9. The minimum atomic E-state index is -0.871. The zero-order chi connectivity index (χ0) is 35.1. The lowest BCUT2D eigenvalue weighted by Crippen LogP contribution is -2.56. The molecule has 2 aromatic heterocycles. The van der Waals surface area contributed by atoms with Gasteiger partial charge < -0.3 is 14.5 Å². The van der Waals surface area contributed by atoms with E-state index < -0.39 is 18.0 Å². The van der Waals surface area contributed by atoms with Gasteiger partial charge >= 0.3 is 0 Å². The molecule has 0 fully saturated rings. The van der Waals surface area contributed by atoms with Crippen molar-refractivity contribution in [1.82, 2.24) is 25.3 Å². The second kappa shape index (κ2) is 13.3. The second-order valence-corrected chi connectivity index (χ2v) is 13.7. The van der Waals surface area contributed by atoms with Crippen molar-refractivity contribution in [3.63, 3.8) is 0 Å². The number of para-hydroxylation sites is 2. The van der Waals surface area contributed by atoms with Gasteiger partial charge in [-0.15, -0.1) is 0 Å². The summed E-state index contributed by atoms with van der Waals surface area (Å²) in [6.45, 7) is 10.4. The number of nitrogens with zero attached hydrogens (tertiary/aromatic N) is 2. The molecule has 6 aromatic rings. The summed E-state index contributed by atoms with van der Waals surface area (Å²) in [4.78, 5) is 47.7. The molecule has 3 amide bonds. The standard InChI is InChI=1S/C42H43N5O3/c1-6-26(4)39(41(49)45-44-35(48)24-46-27(5)36(25(2)3)32-21-13-15-23-34(32)46)47-40(29-18-10-11-19-30(29)42(47)50)37-31-20-12-14-22-33(31)43-38(37)28-16-8-7-9-17-28/h7-23,25-26,39-40,43H,6,24H2,1-5H3,(H,44,48)(H,45,49). The maximum atomic E-state index is 14.5. The van der Waals surface area contributed by atoms with Crippen molar-refractivity contribution in [2.45, 2.75) is 65.6 Å². The number of nitrogens with one attached hydrogen (secondary N) is 3. The molecule has 3 unspecified atom stereocenters. The van der Waals surface area contributed by atoms with Gasteiger partial charge in [-0.05, 0) is 53.6 Å². The third kappa shape index (κ3) is 5.54. The van der Waals surface area contributed by atoms with E-state index in [9.17, 15) is 14.4 Å². The number of hydrogen-bond acceptors (Lipinski definition) is 3. The molecule has 4 aromatic carbocycles. The fourth-order valence-corrected chi connectivity index (χ4v) is 7.86. The minimum absolute atomic E-state index is 0.0415. The number of fused-ring (bicyclic) bond motifs is 3. The van der Waals surface area contributed by atoms with E-state index in [1.807, 2.05) is 104 Å². The van der Waals surface area contributed by atoms with Crippen LogP contribution >= 0.6 is 0 Å². The molecule has 3 heterocycles. The third-order valence-electron chi connectivity index (χ3n) is 10.3. The molecule has 1 aliphatic rings. The Balaban J connectivity index is 1.25. The Morgan fingerprint density at radius 3 is 2.22 bits per heavy atom. The molecule has 7 rings (SSSR count). The Morgan fingerprint density at radius 2 is 1.48 bits per heavy atom. The van der Waals surface area contributed by atoms with E-state index in [1.54, 1.807) is 4.90 Å². The number of H-pyrrole nitrogens is 1. The topological polar surface area (TPSA) is 99.2 Å². The zero-order valence-corrected chi connectivity index (χ0v) is 29.2. The maximum Gasteiger partial charge on any atom is 0.261 e. The summed E-state index contributed by atoms with van der Waals surface area (Å²) in [6.07, 6.45) is 0.644. The predicted molar refractivity (Wildman–Crippen MR) is 198 cm³/mol. The SMILES string of the molecule is CCC(C)C(C(=O)NNC(=O)Cn1c(C)c(C(C)C)c2ccccc21)N1C(=O)c2ccccc2C1c1c(-c2ccccc2)[nH]c2ccccc12. The Morgan fingerprint density at radius 1 is 0.820 bits per heavy atom. The van der Waals surface area contributed by atoms with Crippen LogP contribution in [0.4, 0.5) is 0 Å². The van der Waals surface area contributed by atoms with Crippen LogP contribution in [0.15, 0.2) is 103 Å².